The number of nitrogens with zero attached hydrogens (tertiary/aromatic N) is 7. The number of hydrogen-bond donors (Lipinski definition) is 9. The summed E-state index contributed by atoms with van der Waals surface area (Å²) in [5.41, 5.74) is 27.9. The number of carbonyl (C=O) groups excluding carboxylic acids is 2. The molecule has 508 valence electrons. The first-order chi connectivity index (χ1) is 43.2. The zero-order valence-electron chi connectivity index (χ0n) is 57.1. The Morgan fingerprint density at radius 2 is 0.978 bits per heavy atom. The topological polar surface area (TPSA) is 319 Å². The third kappa shape index (κ3) is 30.7. The van der Waals surface area contributed by atoms with Gasteiger partial charge in [0.05, 0.1) is 65.6 Å². The van der Waals surface area contributed by atoms with Crippen LogP contribution < -0.4 is 38.5 Å². The van der Waals surface area contributed by atoms with Crippen LogP contribution in [0.2, 0.25) is 0 Å². The molecule has 92 heavy (non-hydrogen) atoms. The van der Waals surface area contributed by atoms with Crippen molar-refractivity contribution in [2.45, 2.75) is 176 Å². The molecular weight excluding hydrogens is 1160 g/mol. The van der Waals surface area contributed by atoms with Gasteiger partial charge in [0.2, 0.25) is 11.8 Å². The molecule has 3 aromatic heterocycles. The highest BCUT2D eigenvalue weighted by molar-refractivity contribution is 6.02. The second-order valence-corrected chi connectivity index (χ2v) is 21.9. The minimum atomic E-state index is -0.897. The molecule has 8 aromatic rings. The van der Waals surface area contributed by atoms with Gasteiger partial charge in [-0.2, -0.15) is 15.3 Å². The normalized spacial score (nSPS) is 12.8. The number of carbonyl (C=O) groups is 4. The number of benzene rings is 5. The van der Waals surface area contributed by atoms with Crippen LogP contribution in [0.1, 0.15) is 144 Å². The molecule has 0 aliphatic carbocycles. The Morgan fingerprint density at radius 1 is 0.576 bits per heavy atom. The Bertz CT molecular complexity index is 3380. The van der Waals surface area contributed by atoms with E-state index in [4.69, 9.17) is 42.0 Å². The minimum Gasteiger partial charge on any atom is -0.481 e. The molecule has 0 saturated carbocycles. The van der Waals surface area contributed by atoms with Gasteiger partial charge in [0.1, 0.15) is 13.3 Å². The number of carboxylic acids is 2. The fraction of sp³-hybridized carbons (Fsp3) is 0.457. The molecule has 5 atom stereocenters. The lowest BCUT2D eigenvalue weighted by molar-refractivity contribution is -0.308. The summed E-state index contributed by atoms with van der Waals surface area (Å²) in [6, 6.07) is 43.3. The Kier molecular flexibility index (Phi) is 41.8. The fourth-order valence-electron chi connectivity index (χ4n) is 8.15. The average molecular weight is 1280 g/mol. The van der Waals surface area contributed by atoms with Crippen LogP contribution >= 0.6 is 0 Å². The van der Waals surface area contributed by atoms with E-state index in [-0.39, 0.29) is 31.3 Å². The predicted molar refractivity (Wildman–Crippen MR) is 375 cm³/mol. The Morgan fingerprint density at radius 3 is 1.38 bits per heavy atom. The summed E-state index contributed by atoms with van der Waals surface area (Å²) in [6.07, 6.45) is 0. The standard InChI is InChI=1S/C17H19N3O2.C10H13N3.C10H12N2.C9H11N3.C7H13NO3.C7H15NO.C5H13N.C2H4O2.C2H6.CH4/c1-14-16-9-5-6-10-17(16)20(19-14)12-18-13-22-21-11-15-7-3-2-4-8-15;1-8-9-5-3-4-6-10(9)13(12-8)7-11-2;1-7-8-4-2-3-5-9(8)10(6-11)12-7;1-7-8-4-2-3-5-9(8)12(6-10)11-7;1-4(7(10)11)5(2)8-6(3)9;1-5(2)6(3)8-7(4)9;1-4(2)5(3)6;1-2(3)4;1-2;/h2-10,18H,11-13H2,1H3;3-6,11H,7H2,1-2H3;2-5,10H,6,11H2,1H3;2-5H,6,10H2,1H3;4-5H,1-3H3,(H,8,9)(H,10,11);5-6H,1-4H3,(H,8,9);4-5H,6H2,1-3H3;1H3,(H,3,4);1-2H3;1H4. The van der Waals surface area contributed by atoms with Gasteiger partial charge in [-0.15, -0.1) is 0 Å². The van der Waals surface area contributed by atoms with E-state index in [0.717, 1.165) is 53.0 Å². The molecule has 4 heterocycles. The predicted octanol–water partition coefficient (Wildman–Crippen LogP) is 11.4. The molecule has 1 aliphatic heterocycles. The van der Waals surface area contributed by atoms with Crippen molar-refractivity contribution in [1.29, 1.82) is 0 Å². The van der Waals surface area contributed by atoms with Crippen LogP contribution in [0.15, 0.2) is 132 Å². The van der Waals surface area contributed by atoms with Gasteiger partial charge in [0.15, 0.2) is 0 Å². The maximum absolute atomic E-state index is 10.5. The van der Waals surface area contributed by atoms with Gasteiger partial charge in [-0.25, -0.2) is 9.78 Å². The summed E-state index contributed by atoms with van der Waals surface area (Å²) in [6.45, 7) is 34.8. The van der Waals surface area contributed by atoms with Crippen molar-refractivity contribution in [2.24, 2.45) is 39.9 Å². The van der Waals surface area contributed by atoms with Crippen LogP contribution in [0, 0.1) is 38.5 Å². The maximum atomic E-state index is 10.5. The lowest BCUT2D eigenvalue weighted by atomic mass is 10.0. The number of nitrogens with one attached hydrogen (secondary N) is 4. The van der Waals surface area contributed by atoms with Crippen LogP contribution in [0.3, 0.4) is 0 Å². The third-order valence-corrected chi connectivity index (χ3v) is 13.9. The molecule has 22 heteroatoms. The van der Waals surface area contributed by atoms with Crippen molar-refractivity contribution in [3.63, 3.8) is 0 Å². The number of aryl methyl sites for hydroxylation is 3. The first-order valence-electron chi connectivity index (χ1n) is 30.8. The summed E-state index contributed by atoms with van der Waals surface area (Å²) in [5.74, 6) is -1.27. The van der Waals surface area contributed by atoms with Crippen molar-refractivity contribution in [3.8, 4) is 0 Å². The van der Waals surface area contributed by atoms with Gasteiger partial charge in [0.25, 0.3) is 5.97 Å². The van der Waals surface area contributed by atoms with E-state index in [1.54, 1.807) is 20.8 Å². The fourth-order valence-corrected chi connectivity index (χ4v) is 8.15. The lowest BCUT2D eigenvalue weighted by Crippen LogP contribution is -2.38. The molecule has 22 nitrogen and oxygen atoms in total. The highest BCUT2D eigenvalue weighted by atomic mass is 17.2. The molecule has 9 rings (SSSR count). The minimum absolute atomic E-state index is 0. The van der Waals surface area contributed by atoms with E-state index in [2.05, 4.69) is 112 Å². The lowest BCUT2D eigenvalue weighted by Gasteiger charge is -2.15. The van der Waals surface area contributed by atoms with Crippen molar-refractivity contribution in [2.75, 3.05) is 20.3 Å². The van der Waals surface area contributed by atoms with Crippen LogP contribution in [0.4, 0.5) is 0 Å². The molecule has 5 unspecified atom stereocenters. The first kappa shape index (κ1) is 83.8. The van der Waals surface area contributed by atoms with E-state index >= 15 is 0 Å². The van der Waals surface area contributed by atoms with Crippen molar-refractivity contribution < 1.29 is 39.2 Å². The molecule has 0 fully saturated rings. The first-order valence-corrected chi connectivity index (χ1v) is 30.8. The SMILES string of the molecule is C.CC.CC(=O)NC(C)C(C)C.CC(=O)NC(C)C(C)C(=O)O.CC(=O)O.CC(C)C(C)N.CC1=NC(CN)c2ccccc21.CNCn1nc(C)c2ccccc21.Cc1nn(CN)c2ccccc12.Cc1nn(CNCOOCc2ccccc2)c2ccccc12. The van der Waals surface area contributed by atoms with Gasteiger partial charge < -0.3 is 43.4 Å². The second kappa shape index (κ2) is 45.9. The molecule has 0 spiro atoms. The number of carboxylic acid groups (broad SMARTS) is 2. The number of fused-ring (bicyclic) bond motifs is 4. The average Bonchev–Trinajstić information content (AvgIpc) is 1.73. The van der Waals surface area contributed by atoms with Gasteiger partial charge in [-0.05, 0) is 104 Å². The smallest absolute Gasteiger partial charge is 0.308 e. The largest absolute Gasteiger partial charge is 0.481 e. The van der Waals surface area contributed by atoms with E-state index < -0.39 is 17.9 Å². The zero-order chi connectivity index (χ0) is 68.8. The molecule has 0 bridgehead atoms. The monoisotopic (exact) mass is 1270 g/mol. The number of para-hydroxylation sites is 3. The maximum Gasteiger partial charge on any atom is 0.308 e. The number of nitrogens with two attached hydrogens (primary N) is 3. The van der Waals surface area contributed by atoms with Crippen molar-refractivity contribution in [1.82, 2.24) is 50.6 Å². The Hall–Kier alpha value is -8.22. The van der Waals surface area contributed by atoms with Crippen LogP contribution in [0.5, 0.6) is 0 Å². The molecule has 2 amide bonds. The highest BCUT2D eigenvalue weighted by Gasteiger charge is 2.21. The third-order valence-electron chi connectivity index (χ3n) is 13.9. The van der Waals surface area contributed by atoms with Gasteiger partial charge in [-0.1, -0.05) is 158 Å². The van der Waals surface area contributed by atoms with Crippen molar-refractivity contribution >= 4 is 62.2 Å². The molecule has 12 N–H and O–H groups in total. The number of amides is 2. The van der Waals surface area contributed by atoms with E-state index in [9.17, 15) is 14.4 Å². The van der Waals surface area contributed by atoms with Gasteiger partial charge >= 0.3 is 5.97 Å². The quantitative estimate of drug-likeness (QED) is 0.0177. The number of aliphatic imine (C=N–C) groups is 1. The molecule has 1 aliphatic rings. The summed E-state index contributed by atoms with van der Waals surface area (Å²) >= 11 is 0. The Labute approximate surface area is 547 Å². The van der Waals surface area contributed by atoms with Gasteiger partial charge in [-0.3, -0.25) is 43.5 Å². The highest BCUT2D eigenvalue weighted by Crippen LogP contribution is 2.28. The van der Waals surface area contributed by atoms with Gasteiger partial charge in [0, 0.05) is 72.9 Å². The molecular formula is C70H110N14O8. The summed E-state index contributed by atoms with van der Waals surface area (Å²) in [5, 5.41) is 44.3. The van der Waals surface area contributed by atoms with E-state index in [1.165, 1.54) is 39.7 Å². The van der Waals surface area contributed by atoms with Crippen LogP contribution in [-0.4, -0.2) is 107 Å². The number of aromatic nitrogens is 6. The molecule has 5 aromatic carbocycles. The molecule has 0 radical (unpaired) electrons. The van der Waals surface area contributed by atoms with Crippen molar-refractivity contribution in [3.05, 3.63) is 161 Å². The van der Waals surface area contributed by atoms with Crippen LogP contribution in [0.25, 0.3) is 32.7 Å². The number of rotatable bonds is 17. The molecule has 0 saturated heterocycles. The van der Waals surface area contributed by atoms with E-state index in [1.807, 2.05) is 161 Å². The number of aliphatic carboxylic acids is 2. The summed E-state index contributed by atoms with van der Waals surface area (Å²) < 4.78 is 5.71. The summed E-state index contributed by atoms with van der Waals surface area (Å²) in [4.78, 5) is 55.0. The van der Waals surface area contributed by atoms with E-state index in [0.29, 0.717) is 57.1 Å². The summed E-state index contributed by atoms with van der Waals surface area (Å²) in [7, 11) is 1.92. The second-order valence-electron chi connectivity index (χ2n) is 21.9. The number of hydrogen-bond acceptors (Lipinski definition) is 15. The Balaban J connectivity index is 0.00000106. The van der Waals surface area contributed by atoms with Crippen LogP contribution in [-0.2, 0) is 55.6 Å². The zero-order valence-corrected chi connectivity index (χ0v) is 57.1.